The average Bonchev–Trinajstić information content (AvgIpc) is 3.43. The summed E-state index contributed by atoms with van der Waals surface area (Å²) in [4.78, 5) is 18.6. The first-order chi connectivity index (χ1) is 18.2. The number of carbonyl (C=O) groups excluding carboxylic acids is 1. The molecule has 0 radical (unpaired) electrons. The number of likely N-dealkylation sites (N-methyl/N-ethyl adjacent to an activating group) is 1. The fourth-order valence-corrected chi connectivity index (χ4v) is 6.78. The van der Waals surface area contributed by atoms with Crippen LogP contribution in [0, 0.1) is 23.7 Å². The Kier molecular flexibility index (Phi) is 9.08. The number of fused-ring (bicyclic) bond motifs is 1. The number of amides is 1. The second kappa shape index (κ2) is 12.3. The molecule has 0 bridgehead atoms. The highest BCUT2D eigenvalue weighted by atomic mass is 32.2. The van der Waals surface area contributed by atoms with Crippen molar-refractivity contribution in [3.8, 4) is 17.6 Å². The van der Waals surface area contributed by atoms with Crippen molar-refractivity contribution in [3.63, 3.8) is 0 Å². The number of benzene rings is 1. The molecule has 0 spiro atoms. The minimum Gasteiger partial charge on any atom is -0.487 e. The van der Waals surface area contributed by atoms with Gasteiger partial charge in [-0.2, -0.15) is 4.31 Å². The SMILES string of the molecule is C[C@@H]1CN([C@@H](C)CO)S(=O)(=O)c2ccc(C#CC3CCCC3)cc2O[C@H]1CN(C)C(=O)Cc1ccncc1. The van der Waals surface area contributed by atoms with Gasteiger partial charge in [0.25, 0.3) is 0 Å². The minimum atomic E-state index is -3.93. The van der Waals surface area contributed by atoms with Gasteiger partial charge in [-0.05, 0) is 55.7 Å². The van der Waals surface area contributed by atoms with Gasteiger partial charge in [0.2, 0.25) is 15.9 Å². The van der Waals surface area contributed by atoms with E-state index in [2.05, 4.69) is 16.8 Å². The number of pyridine rings is 1. The Morgan fingerprint density at radius 2 is 1.95 bits per heavy atom. The van der Waals surface area contributed by atoms with Gasteiger partial charge in [0.15, 0.2) is 0 Å². The van der Waals surface area contributed by atoms with Gasteiger partial charge < -0.3 is 14.7 Å². The molecular weight excluding hydrogens is 502 g/mol. The summed E-state index contributed by atoms with van der Waals surface area (Å²) in [5.41, 5.74) is 1.56. The van der Waals surface area contributed by atoms with Gasteiger partial charge in [-0.25, -0.2) is 8.42 Å². The maximum Gasteiger partial charge on any atom is 0.247 e. The molecular formula is C29H37N3O5S. The number of rotatable bonds is 6. The van der Waals surface area contributed by atoms with E-state index >= 15 is 0 Å². The first-order valence-electron chi connectivity index (χ1n) is 13.3. The van der Waals surface area contributed by atoms with Crippen molar-refractivity contribution in [1.82, 2.24) is 14.2 Å². The predicted octanol–water partition coefficient (Wildman–Crippen LogP) is 3.09. The second-order valence-electron chi connectivity index (χ2n) is 10.5. The number of aliphatic hydroxyl groups is 1. The van der Waals surface area contributed by atoms with Gasteiger partial charge >= 0.3 is 0 Å². The standard InChI is InChI=1S/C29H37N3O5S/c1-21-18-32(22(2)20-33)38(35,36)28-11-10-24(9-8-23-6-4-5-7-23)16-26(28)37-27(21)19-31(3)29(34)17-25-12-14-30-15-13-25/h10-16,21-23,27,33H,4-7,17-20H2,1-3H3/t21-,22+,27+/m1/s1. The third-order valence-corrected chi connectivity index (χ3v) is 9.45. The topological polar surface area (TPSA) is 100 Å². The van der Waals surface area contributed by atoms with Gasteiger partial charge in [-0.3, -0.25) is 9.78 Å². The van der Waals surface area contributed by atoms with Crippen LogP contribution >= 0.6 is 0 Å². The molecule has 1 aliphatic carbocycles. The number of carbonyl (C=O) groups is 1. The summed E-state index contributed by atoms with van der Waals surface area (Å²) in [6.07, 6.45) is 7.65. The Morgan fingerprint density at radius 3 is 2.63 bits per heavy atom. The number of sulfonamides is 1. The molecule has 1 aromatic carbocycles. The molecule has 1 aliphatic heterocycles. The highest BCUT2D eigenvalue weighted by Crippen LogP contribution is 2.34. The Balaban J connectivity index is 1.64. The average molecular weight is 540 g/mol. The van der Waals surface area contributed by atoms with Crippen molar-refractivity contribution in [2.75, 3.05) is 26.7 Å². The van der Waals surface area contributed by atoms with Gasteiger partial charge in [0, 0.05) is 49.4 Å². The van der Waals surface area contributed by atoms with Crippen LogP contribution in [0.15, 0.2) is 47.6 Å². The molecule has 1 saturated carbocycles. The quantitative estimate of drug-likeness (QED) is 0.567. The highest BCUT2D eigenvalue weighted by Gasteiger charge is 2.38. The minimum absolute atomic E-state index is 0.0480. The molecule has 9 heteroatoms. The fraction of sp³-hybridized carbons (Fsp3) is 0.517. The summed E-state index contributed by atoms with van der Waals surface area (Å²) in [7, 11) is -2.20. The van der Waals surface area contributed by atoms with Gasteiger partial charge in [-0.15, -0.1) is 0 Å². The molecule has 1 amide bonds. The van der Waals surface area contributed by atoms with Gasteiger partial charge in [0.05, 0.1) is 19.6 Å². The molecule has 38 heavy (non-hydrogen) atoms. The van der Waals surface area contributed by atoms with E-state index in [0.717, 1.165) is 18.4 Å². The molecule has 0 saturated heterocycles. The number of ether oxygens (including phenoxy) is 1. The zero-order valence-electron chi connectivity index (χ0n) is 22.3. The number of aromatic nitrogens is 1. The molecule has 2 aromatic rings. The normalized spacial score (nSPS) is 22.2. The van der Waals surface area contributed by atoms with Crippen molar-refractivity contribution < 1.29 is 23.1 Å². The van der Waals surface area contributed by atoms with Crippen LogP contribution in [0.5, 0.6) is 5.75 Å². The van der Waals surface area contributed by atoms with Crippen LogP contribution < -0.4 is 4.74 Å². The molecule has 3 atom stereocenters. The van der Waals surface area contributed by atoms with E-state index in [1.807, 2.05) is 19.1 Å². The van der Waals surface area contributed by atoms with Crippen molar-refractivity contribution in [2.24, 2.45) is 11.8 Å². The summed E-state index contributed by atoms with van der Waals surface area (Å²) in [5, 5.41) is 9.84. The lowest BCUT2D eigenvalue weighted by atomic mass is 10.0. The Bertz CT molecular complexity index is 1280. The van der Waals surface area contributed by atoms with E-state index in [-0.39, 0.29) is 48.6 Å². The first-order valence-corrected chi connectivity index (χ1v) is 14.7. The number of hydrogen-bond donors (Lipinski definition) is 1. The highest BCUT2D eigenvalue weighted by molar-refractivity contribution is 7.89. The molecule has 4 rings (SSSR count). The lowest BCUT2D eigenvalue weighted by molar-refractivity contribution is -0.130. The first kappa shape index (κ1) is 28.1. The van der Waals surface area contributed by atoms with Crippen molar-refractivity contribution >= 4 is 15.9 Å². The van der Waals surface area contributed by atoms with E-state index in [1.165, 1.54) is 17.1 Å². The largest absolute Gasteiger partial charge is 0.487 e. The number of nitrogens with zero attached hydrogens (tertiary/aromatic N) is 3. The molecule has 2 heterocycles. The smallest absolute Gasteiger partial charge is 0.247 e. The van der Waals surface area contributed by atoms with Gasteiger partial charge in [-0.1, -0.05) is 31.6 Å². The molecule has 8 nitrogen and oxygen atoms in total. The Morgan fingerprint density at radius 1 is 1.24 bits per heavy atom. The maximum atomic E-state index is 13.7. The molecule has 1 N–H and O–H groups in total. The Labute approximate surface area is 226 Å². The van der Waals surface area contributed by atoms with Crippen molar-refractivity contribution in [2.45, 2.75) is 63.0 Å². The number of hydrogen-bond acceptors (Lipinski definition) is 6. The maximum absolute atomic E-state index is 13.7. The van der Waals surface area contributed by atoms with Crippen molar-refractivity contribution in [1.29, 1.82) is 0 Å². The number of aliphatic hydroxyl groups excluding tert-OH is 1. The third kappa shape index (κ3) is 6.55. The van der Waals surface area contributed by atoms with Crippen LogP contribution in [-0.4, -0.2) is 72.5 Å². The predicted molar refractivity (Wildman–Crippen MR) is 145 cm³/mol. The molecule has 2 aliphatic rings. The van der Waals surface area contributed by atoms with Gasteiger partial charge in [0.1, 0.15) is 16.7 Å². The molecule has 204 valence electrons. The van der Waals surface area contributed by atoms with E-state index in [0.29, 0.717) is 11.5 Å². The van der Waals surface area contributed by atoms with E-state index in [4.69, 9.17) is 4.74 Å². The summed E-state index contributed by atoms with van der Waals surface area (Å²) in [6.45, 7) is 3.73. The van der Waals surface area contributed by atoms with Crippen LogP contribution in [0.25, 0.3) is 0 Å². The zero-order chi connectivity index (χ0) is 27.3. The monoisotopic (exact) mass is 539 g/mol. The van der Waals surface area contributed by atoms with Crippen LogP contribution in [0.2, 0.25) is 0 Å². The lowest BCUT2D eigenvalue weighted by Gasteiger charge is -2.37. The van der Waals surface area contributed by atoms with Crippen LogP contribution in [-0.2, 0) is 21.2 Å². The lowest BCUT2D eigenvalue weighted by Crippen LogP contribution is -2.50. The van der Waals surface area contributed by atoms with Crippen LogP contribution in [0.3, 0.4) is 0 Å². The Hall–Kier alpha value is -2.93. The summed E-state index contributed by atoms with van der Waals surface area (Å²) in [5.74, 6) is 6.81. The second-order valence-corrected chi connectivity index (χ2v) is 12.3. The summed E-state index contributed by atoms with van der Waals surface area (Å²) < 4.78 is 35.1. The zero-order valence-corrected chi connectivity index (χ0v) is 23.2. The van der Waals surface area contributed by atoms with Crippen molar-refractivity contribution in [3.05, 3.63) is 53.9 Å². The van der Waals surface area contributed by atoms with Crippen LogP contribution in [0.1, 0.15) is 50.7 Å². The van der Waals surface area contributed by atoms with Crippen LogP contribution in [0.4, 0.5) is 0 Å². The molecule has 1 aromatic heterocycles. The third-order valence-electron chi connectivity index (χ3n) is 7.43. The summed E-state index contributed by atoms with van der Waals surface area (Å²) in [6, 6.07) is 7.97. The van der Waals surface area contributed by atoms with E-state index in [1.54, 1.807) is 49.5 Å². The molecule has 0 unspecified atom stereocenters. The summed E-state index contributed by atoms with van der Waals surface area (Å²) >= 11 is 0. The molecule has 1 fully saturated rings. The van der Waals surface area contributed by atoms with E-state index < -0.39 is 22.2 Å². The van der Waals surface area contributed by atoms with E-state index in [9.17, 15) is 18.3 Å². The fourth-order valence-electron chi connectivity index (χ4n) is 4.96.